The van der Waals surface area contributed by atoms with E-state index >= 15 is 0 Å². The second-order valence-corrected chi connectivity index (χ2v) is 8.33. The molecule has 1 atom stereocenters. The fourth-order valence-corrected chi connectivity index (χ4v) is 4.54. The number of cyclic esters (lactones) is 1. The maximum absolute atomic E-state index is 12.7. The number of methoxy groups -OCH3 is 1. The van der Waals surface area contributed by atoms with Gasteiger partial charge in [0.15, 0.2) is 12.4 Å². The molecule has 1 aromatic heterocycles. The van der Waals surface area contributed by atoms with E-state index in [1.807, 2.05) is 0 Å². The van der Waals surface area contributed by atoms with Gasteiger partial charge in [0.05, 0.1) is 30.2 Å². The molecule has 1 aliphatic rings. The summed E-state index contributed by atoms with van der Waals surface area (Å²) < 4.78 is 15.7. The number of nitrogens with zero attached hydrogens (tertiary/aromatic N) is 2. The molecule has 2 amide bonds. The van der Waals surface area contributed by atoms with E-state index in [4.69, 9.17) is 19.7 Å². The van der Waals surface area contributed by atoms with Crippen LogP contribution in [-0.4, -0.2) is 59.0 Å². The molecule has 0 aliphatic carbocycles. The number of hydrogen-bond donors (Lipinski definition) is 4. The first-order valence-corrected chi connectivity index (χ1v) is 11.2. The molecule has 1 aromatic carbocycles. The Balaban J connectivity index is 1.95. The van der Waals surface area contributed by atoms with Crippen LogP contribution in [0.25, 0.3) is 0 Å². The van der Waals surface area contributed by atoms with E-state index in [-0.39, 0.29) is 63.4 Å². The Labute approximate surface area is 194 Å². The Morgan fingerprint density at radius 2 is 2.16 bits per heavy atom. The highest BCUT2D eigenvalue weighted by atomic mass is 79.9. The van der Waals surface area contributed by atoms with Crippen LogP contribution in [0, 0.1) is 0 Å². The summed E-state index contributed by atoms with van der Waals surface area (Å²) in [6, 6.07) is 0.663. The number of aromatic hydroxyl groups is 1. The van der Waals surface area contributed by atoms with E-state index in [1.165, 1.54) is 24.9 Å². The minimum absolute atomic E-state index is 0.0306. The number of ether oxygens (including phenoxy) is 2. The van der Waals surface area contributed by atoms with Crippen LogP contribution < -0.4 is 21.1 Å². The molecule has 0 saturated carbocycles. The normalized spacial score (nSPS) is 18.1. The molecule has 1 aliphatic heterocycles. The van der Waals surface area contributed by atoms with E-state index in [0.29, 0.717) is 0 Å². The number of halogens is 1. The number of carbonyl (C=O) groups is 3. The number of amides is 2. The van der Waals surface area contributed by atoms with E-state index < -0.39 is 30.4 Å². The van der Waals surface area contributed by atoms with E-state index in [1.54, 1.807) is 0 Å². The fraction of sp³-hybridized carbons (Fsp3) is 0.389. The van der Waals surface area contributed by atoms with Crippen LogP contribution >= 0.6 is 27.7 Å². The maximum atomic E-state index is 12.7. The van der Waals surface area contributed by atoms with Gasteiger partial charge in [-0.3, -0.25) is 9.59 Å². The van der Waals surface area contributed by atoms with Crippen molar-refractivity contribution in [2.24, 2.45) is 5.73 Å². The molecule has 0 bridgehead atoms. The second-order valence-electron chi connectivity index (χ2n) is 6.51. The first-order valence-electron chi connectivity index (χ1n) is 9.25. The van der Waals surface area contributed by atoms with Crippen molar-refractivity contribution in [3.8, 4) is 11.5 Å². The van der Waals surface area contributed by atoms with Crippen molar-refractivity contribution >= 4 is 45.5 Å². The van der Waals surface area contributed by atoms with Crippen LogP contribution in [0.4, 0.5) is 0 Å². The van der Waals surface area contributed by atoms with Crippen LogP contribution in [0.2, 0.25) is 0 Å². The lowest BCUT2D eigenvalue weighted by Gasteiger charge is -2.18. The fourth-order valence-electron chi connectivity index (χ4n) is 2.79. The lowest BCUT2D eigenvalue weighted by Crippen LogP contribution is -2.41. The molecule has 172 valence electrons. The highest BCUT2D eigenvalue weighted by Gasteiger charge is 2.27. The second kappa shape index (κ2) is 10.7. The zero-order chi connectivity index (χ0) is 23.3. The van der Waals surface area contributed by atoms with Gasteiger partial charge < -0.3 is 35.5 Å². The summed E-state index contributed by atoms with van der Waals surface area (Å²) in [5.41, 5.74) is 5.81. The number of thioether (sulfide) groups is 1. The number of carbonyl (C=O) groups excluding carboxylic acids is 3. The molecular formula is C18H20BrN5O7S. The van der Waals surface area contributed by atoms with Gasteiger partial charge in [0.25, 0.3) is 5.91 Å². The molecule has 5 N–H and O–H groups in total. The van der Waals surface area contributed by atoms with Crippen molar-refractivity contribution in [3.63, 3.8) is 0 Å². The van der Waals surface area contributed by atoms with Crippen molar-refractivity contribution in [1.82, 2.24) is 20.8 Å². The third kappa shape index (κ3) is 5.49. The lowest BCUT2D eigenvalue weighted by molar-refractivity contribution is -0.128. The van der Waals surface area contributed by atoms with Gasteiger partial charge in [-0.2, -0.15) is 16.7 Å². The van der Waals surface area contributed by atoms with E-state index in [2.05, 4.69) is 36.7 Å². The summed E-state index contributed by atoms with van der Waals surface area (Å²) in [6.07, 6.45) is 0. The minimum Gasteiger partial charge on any atom is -0.507 e. The van der Waals surface area contributed by atoms with E-state index in [9.17, 15) is 19.5 Å². The monoisotopic (exact) mass is 529 g/mol. The number of hydrogen-bond acceptors (Lipinski definition) is 11. The minimum atomic E-state index is -0.834. The zero-order valence-corrected chi connectivity index (χ0v) is 19.2. The van der Waals surface area contributed by atoms with Crippen molar-refractivity contribution in [1.29, 1.82) is 0 Å². The number of aromatic nitrogens is 2. The number of nitrogens with one attached hydrogen (secondary N) is 2. The van der Waals surface area contributed by atoms with Crippen LogP contribution in [0.15, 0.2) is 15.1 Å². The van der Waals surface area contributed by atoms with Crippen molar-refractivity contribution in [2.75, 3.05) is 26.0 Å². The molecule has 12 nitrogen and oxygen atoms in total. The van der Waals surface area contributed by atoms with Crippen molar-refractivity contribution in [3.05, 3.63) is 33.4 Å². The summed E-state index contributed by atoms with van der Waals surface area (Å²) in [4.78, 5) is 41.1. The summed E-state index contributed by atoms with van der Waals surface area (Å²) in [6.45, 7) is -0.896. The predicted octanol–water partition coefficient (Wildman–Crippen LogP) is 0.382. The SMILES string of the molecule is COc1cc(O)c2c(c1Br)C(=O)OCC(=O)NCC(=O)N[C@H](c1nc(CN)no1)CSC2. The quantitative estimate of drug-likeness (QED) is 0.403. The molecule has 2 heterocycles. The maximum Gasteiger partial charge on any atom is 0.340 e. The van der Waals surface area contributed by atoms with Crippen molar-refractivity contribution < 1.29 is 33.5 Å². The van der Waals surface area contributed by atoms with Gasteiger partial charge in [-0.05, 0) is 15.9 Å². The molecule has 0 radical (unpaired) electrons. The highest BCUT2D eigenvalue weighted by Crippen LogP contribution is 2.39. The molecule has 0 unspecified atom stereocenters. The Kier molecular flexibility index (Phi) is 7.93. The predicted molar refractivity (Wildman–Crippen MR) is 115 cm³/mol. The number of nitrogens with two attached hydrogens (primary N) is 1. The number of benzene rings is 1. The molecule has 2 aromatic rings. The number of fused-ring (bicyclic) bond motifs is 1. The number of esters is 1. The van der Waals surface area contributed by atoms with Gasteiger partial charge >= 0.3 is 5.97 Å². The first-order chi connectivity index (χ1) is 15.3. The van der Waals surface area contributed by atoms with Crippen LogP contribution in [-0.2, 0) is 26.6 Å². The first kappa shape index (κ1) is 23.8. The topological polar surface area (TPSA) is 179 Å². The standard InChI is InChI=1S/C18H20BrN5O7S/c1-29-11-2-10(25)8-6-32-7-9(17-23-12(3-20)24-31-17)22-13(26)4-21-14(27)5-30-18(28)15(8)16(11)19/h2,9,25H,3-7,20H2,1H3,(H,21,27)(H,22,26)/t9-/m0/s1. The summed E-state index contributed by atoms with van der Waals surface area (Å²) in [5.74, 6) is -1.15. The Morgan fingerprint density at radius 3 is 2.84 bits per heavy atom. The average molecular weight is 530 g/mol. The molecule has 0 spiro atoms. The Bertz CT molecular complexity index is 1030. The van der Waals surface area contributed by atoms with Gasteiger partial charge in [0, 0.05) is 23.1 Å². The lowest BCUT2D eigenvalue weighted by atomic mass is 10.1. The summed E-state index contributed by atoms with van der Waals surface area (Å²) >= 11 is 4.60. The molecular weight excluding hydrogens is 510 g/mol. The average Bonchev–Trinajstić information content (AvgIpc) is 3.26. The van der Waals surface area contributed by atoms with Gasteiger partial charge in [0.2, 0.25) is 11.8 Å². The molecule has 0 saturated heterocycles. The largest absolute Gasteiger partial charge is 0.507 e. The molecule has 32 heavy (non-hydrogen) atoms. The van der Waals surface area contributed by atoms with Crippen molar-refractivity contribution in [2.45, 2.75) is 18.3 Å². The molecule has 14 heteroatoms. The molecule has 3 rings (SSSR count). The van der Waals surface area contributed by atoms with Gasteiger partial charge in [-0.25, -0.2) is 4.79 Å². The van der Waals surface area contributed by atoms with Gasteiger partial charge in [0.1, 0.15) is 17.5 Å². The van der Waals surface area contributed by atoms with Crippen LogP contribution in [0.3, 0.4) is 0 Å². The number of rotatable bonds is 3. The van der Waals surface area contributed by atoms with Gasteiger partial charge in [-0.1, -0.05) is 5.16 Å². The molecule has 0 fully saturated rings. The summed E-state index contributed by atoms with van der Waals surface area (Å²) in [5, 5.41) is 19.3. The Morgan fingerprint density at radius 1 is 1.38 bits per heavy atom. The summed E-state index contributed by atoms with van der Waals surface area (Å²) in [7, 11) is 1.38. The zero-order valence-electron chi connectivity index (χ0n) is 16.8. The van der Waals surface area contributed by atoms with Crippen LogP contribution in [0.1, 0.15) is 33.7 Å². The third-order valence-corrected chi connectivity index (χ3v) is 6.20. The third-order valence-electron chi connectivity index (χ3n) is 4.35. The number of phenolic OH excluding ortho intramolecular Hbond substituents is 1. The smallest absolute Gasteiger partial charge is 0.340 e. The van der Waals surface area contributed by atoms with Crippen LogP contribution in [0.5, 0.6) is 11.5 Å². The highest BCUT2D eigenvalue weighted by molar-refractivity contribution is 9.10. The van der Waals surface area contributed by atoms with E-state index in [0.717, 1.165) is 0 Å². The van der Waals surface area contributed by atoms with Gasteiger partial charge in [-0.15, -0.1) is 0 Å². The number of phenols is 1. The Hall–Kier alpha value is -2.84.